The lowest BCUT2D eigenvalue weighted by Crippen LogP contribution is -2.45. The molecule has 0 atom stereocenters. The van der Waals surface area contributed by atoms with E-state index in [0.717, 1.165) is 48.6 Å². The highest BCUT2D eigenvalue weighted by Crippen LogP contribution is 2.21. The normalized spacial score (nSPS) is 15.1. The van der Waals surface area contributed by atoms with E-state index in [-0.39, 0.29) is 23.8 Å². The van der Waals surface area contributed by atoms with Crippen LogP contribution in [0.5, 0.6) is 0 Å². The van der Waals surface area contributed by atoms with Crippen molar-refractivity contribution in [2.24, 2.45) is 0 Å². The van der Waals surface area contributed by atoms with Crippen molar-refractivity contribution < 1.29 is 13.2 Å². The summed E-state index contributed by atoms with van der Waals surface area (Å²) in [5, 5.41) is 2.92. The van der Waals surface area contributed by atoms with Gasteiger partial charge in [-0.05, 0) is 55.8 Å². The smallest absolute Gasteiger partial charge is 0.240 e. The van der Waals surface area contributed by atoms with Crippen LogP contribution >= 0.6 is 0 Å². The minimum Gasteiger partial charge on any atom is -0.369 e. The fraction of sp³-hybridized carbons (Fsp3) is 0.435. The van der Waals surface area contributed by atoms with Crippen molar-refractivity contribution in [2.45, 2.75) is 31.7 Å². The number of piperazine rings is 1. The van der Waals surface area contributed by atoms with E-state index in [1.54, 1.807) is 18.2 Å². The molecule has 0 spiro atoms. The minimum absolute atomic E-state index is 0.0567. The number of sulfonamides is 1. The van der Waals surface area contributed by atoms with Gasteiger partial charge in [0.1, 0.15) is 0 Å². The summed E-state index contributed by atoms with van der Waals surface area (Å²) in [5.41, 5.74) is 4.16. The molecule has 0 bridgehead atoms. The van der Waals surface area contributed by atoms with Crippen molar-refractivity contribution in [3.05, 3.63) is 59.2 Å². The number of amides is 1. The van der Waals surface area contributed by atoms with Gasteiger partial charge in [0.05, 0.1) is 4.90 Å². The van der Waals surface area contributed by atoms with Gasteiger partial charge in [-0.1, -0.05) is 24.3 Å². The lowest BCUT2D eigenvalue weighted by molar-refractivity contribution is -0.121. The van der Waals surface area contributed by atoms with Crippen LogP contribution in [0, 0.1) is 13.8 Å². The number of hydrogen-bond donors (Lipinski definition) is 2. The number of hydrogen-bond acceptors (Lipinski definition) is 5. The Morgan fingerprint density at radius 1 is 1.00 bits per heavy atom. The van der Waals surface area contributed by atoms with E-state index < -0.39 is 10.0 Å². The maximum Gasteiger partial charge on any atom is 0.240 e. The third-order valence-corrected chi connectivity index (χ3v) is 7.20. The van der Waals surface area contributed by atoms with Crippen LogP contribution in [0.2, 0.25) is 0 Å². The molecule has 1 aliphatic heterocycles. The molecule has 2 N–H and O–H groups in total. The van der Waals surface area contributed by atoms with Crippen molar-refractivity contribution in [2.75, 3.05) is 44.7 Å². The molecule has 2 aromatic rings. The van der Waals surface area contributed by atoms with E-state index in [4.69, 9.17) is 0 Å². The first-order valence-electron chi connectivity index (χ1n) is 10.6. The molecule has 0 unspecified atom stereocenters. The van der Waals surface area contributed by atoms with Crippen LogP contribution in [-0.4, -0.2) is 59.0 Å². The second-order valence-corrected chi connectivity index (χ2v) is 9.86. The highest BCUT2D eigenvalue weighted by molar-refractivity contribution is 7.89. The molecule has 1 aliphatic rings. The zero-order valence-electron chi connectivity index (χ0n) is 18.5. The summed E-state index contributed by atoms with van der Waals surface area (Å²) < 4.78 is 27.4. The first kappa shape index (κ1) is 23.2. The van der Waals surface area contributed by atoms with Gasteiger partial charge in [0.15, 0.2) is 0 Å². The quantitative estimate of drug-likeness (QED) is 0.651. The molecule has 168 valence electrons. The van der Waals surface area contributed by atoms with Gasteiger partial charge in [-0.25, -0.2) is 13.1 Å². The summed E-state index contributed by atoms with van der Waals surface area (Å²) in [4.78, 5) is 17.2. The van der Waals surface area contributed by atoms with Crippen molar-refractivity contribution in [3.8, 4) is 0 Å². The Balaban J connectivity index is 1.50. The molecular formula is C23H32N4O3S. The number of carbonyl (C=O) groups is 1. The Labute approximate surface area is 185 Å². The van der Waals surface area contributed by atoms with Gasteiger partial charge >= 0.3 is 0 Å². The Morgan fingerprint density at radius 3 is 2.42 bits per heavy atom. The summed E-state index contributed by atoms with van der Waals surface area (Å²) >= 11 is 0. The molecule has 0 saturated carbocycles. The van der Waals surface area contributed by atoms with Gasteiger partial charge in [-0.15, -0.1) is 0 Å². The average molecular weight is 445 g/mol. The standard InChI is InChI=1S/C23H32N4O3S/c1-18-8-9-21(16-19(18)2)31(29,30)25-11-10-23(28)24-17-20-6-4-5-7-22(20)27-14-12-26(3)13-15-27/h4-9,16,25H,10-15,17H2,1-3H3,(H,24,28). The van der Waals surface area contributed by atoms with E-state index in [1.165, 1.54) is 0 Å². The first-order chi connectivity index (χ1) is 14.8. The van der Waals surface area contributed by atoms with Crippen LogP contribution in [0.15, 0.2) is 47.4 Å². The van der Waals surface area contributed by atoms with Crippen molar-refractivity contribution in [3.63, 3.8) is 0 Å². The number of carbonyl (C=O) groups excluding carboxylic acids is 1. The van der Waals surface area contributed by atoms with Crippen LogP contribution in [0.25, 0.3) is 0 Å². The second kappa shape index (κ2) is 10.3. The molecular weight excluding hydrogens is 412 g/mol. The predicted octanol–water partition coefficient (Wildman–Crippen LogP) is 2.04. The Bertz CT molecular complexity index is 1020. The fourth-order valence-electron chi connectivity index (χ4n) is 3.56. The fourth-order valence-corrected chi connectivity index (χ4v) is 4.68. The number of aryl methyl sites for hydroxylation is 2. The Morgan fingerprint density at radius 2 is 1.71 bits per heavy atom. The molecule has 7 nitrogen and oxygen atoms in total. The molecule has 0 radical (unpaired) electrons. The molecule has 0 aliphatic carbocycles. The van der Waals surface area contributed by atoms with Crippen LogP contribution in [0.3, 0.4) is 0 Å². The SMILES string of the molecule is Cc1ccc(S(=O)(=O)NCCC(=O)NCc2ccccc2N2CCN(C)CC2)cc1C. The zero-order valence-corrected chi connectivity index (χ0v) is 19.3. The molecule has 3 rings (SSSR count). The summed E-state index contributed by atoms with van der Waals surface area (Å²) in [5.74, 6) is -0.184. The molecule has 0 aromatic heterocycles. The highest BCUT2D eigenvalue weighted by Gasteiger charge is 2.18. The van der Waals surface area contributed by atoms with Crippen LogP contribution in [0.4, 0.5) is 5.69 Å². The molecule has 1 amide bonds. The average Bonchev–Trinajstić information content (AvgIpc) is 2.75. The number of para-hydroxylation sites is 1. The molecule has 2 aromatic carbocycles. The number of nitrogens with zero attached hydrogens (tertiary/aromatic N) is 2. The maximum atomic E-state index is 12.4. The maximum absolute atomic E-state index is 12.4. The van der Waals surface area contributed by atoms with Crippen molar-refractivity contribution in [1.82, 2.24) is 14.9 Å². The van der Waals surface area contributed by atoms with Crippen LogP contribution in [-0.2, 0) is 21.4 Å². The molecule has 31 heavy (non-hydrogen) atoms. The predicted molar refractivity (Wildman–Crippen MR) is 124 cm³/mol. The zero-order chi connectivity index (χ0) is 22.4. The van der Waals surface area contributed by atoms with E-state index >= 15 is 0 Å². The highest BCUT2D eigenvalue weighted by atomic mass is 32.2. The van der Waals surface area contributed by atoms with Gasteiger partial charge in [-0.3, -0.25) is 4.79 Å². The minimum atomic E-state index is -3.63. The number of benzene rings is 2. The van der Waals surface area contributed by atoms with Crippen molar-refractivity contribution in [1.29, 1.82) is 0 Å². The molecule has 1 heterocycles. The van der Waals surface area contributed by atoms with Gasteiger partial charge in [0.25, 0.3) is 0 Å². The largest absolute Gasteiger partial charge is 0.369 e. The number of nitrogens with one attached hydrogen (secondary N) is 2. The molecule has 1 fully saturated rings. The van der Waals surface area contributed by atoms with Gasteiger partial charge in [0.2, 0.25) is 15.9 Å². The van der Waals surface area contributed by atoms with Gasteiger partial charge in [-0.2, -0.15) is 0 Å². The van der Waals surface area contributed by atoms with E-state index in [2.05, 4.69) is 33.0 Å². The monoisotopic (exact) mass is 444 g/mol. The summed E-state index contributed by atoms with van der Waals surface area (Å²) in [6, 6.07) is 13.1. The van der Waals surface area contributed by atoms with E-state index in [9.17, 15) is 13.2 Å². The van der Waals surface area contributed by atoms with Crippen molar-refractivity contribution >= 4 is 21.6 Å². The second-order valence-electron chi connectivity index (χ2n) is 8.09. The van der Waals surface area contributed by atoms with Crippen LogP contribution in [0.1, 0.15) is 23.1 Å². The lowest BCUT2D eigenvalue weighted by Gasteiger charge is -2.35. The summed E-state index contributed by atoms with van der Waals surface area (Å²) in [7, 11) is -1.51. The topological polar surface area (TPSA) is 81.7 Å². The molecule has 8 heteroatoms. The first-order valence-corrected chi connectivity index (χ1v) is 12.1. The number of likely N-dealkylation sites (N-methyl/N-ethyl adjacent to an activating group) is 1. The Kier molecular flexibility index (Phi) is 7.69. The van der Waals surface area contributed by atoms with E-state index in [0.29, 0.717) is 6.54 Å². The van der Waals surface area contributed by atoms with E-state index in [1.807, 2.05) is 32.0 Å². The summed E-state index contributed by atoms with van der Waals surface area (Å²) in [6.45, 7) is 8.24. The number of anilines is 1. The third-order valence-electron chi connectivity index (χ3n) is 5.74. The van der Waals surface area contributed by atoms with Crippen LogP contribution < -0.4 is 14.9 Å². The van der Waals surface area contributed by atoms with Gasteiger partial charge in [0, 0.05) is 51.4 Å². The molecule has 1 saturated heterocycles. The third kappa shape index (κ3) is 6.29. The summed E-state index contributed by atoms with van der Waals surface area (Å²) in [6.07, 6.45) is 0.0841. The number of rotatable bonds is 8. The Hall–Kier alpha value is -2.42. The van der Waals surface area contributed by atoms with Gasteiger partial charge < -0.3 is 15.1 Å². The lowest BCUT2D eigenvalue weighted by atomic mass is 10.1.